The standard InChI is InChI=1S/C24H30FNO2/c1-4-18(3)28-22-13-12-21(16-17(22)2)26-23(27)24(14-6-5-7-15-24)19-8-10-20(25)11-9-19/h8-13,16,18H,4-7,14-15H2,1-3H3,(H,26,27)/t18-/m1/s1. The number of amides is 1. The molecule has 1 aliphatic rings. The zero-order valence-electron chi connectivity index (χ0n) is 17.1. The van der Waals surface area contributed by atoms with Crippen LogP contribution in [0.2, 0.25) is 0 Å². The molecule has 0 unspecified atom stereocenters. The van der Waals surface area contributed by atoms with E-state index in [1.165, 1.54) is 12.1 Å². The van der Waals surface area contributed by atoms with Crippen molar-refractivity contribution in [1.82, 2.24) is 0 Å². The van der Waals surface area contributed by atoms with Gasteiger partial charge in [0.15, 0.2) is 0 Å². The summed E-state index contributed by atoms with van der Waals surface area (Å²) in [5.41, 5.74) is 2.08. The second kappa shape index (κ2) is 8.76. The Morgan fingerprint density at radius 3 is 2.43 bits per heavy atom. The van der Waals surface area contributed by atoms with E-state index in [0.29, 0.717) is 0 Å². The van der Waals surface area contributed by atoms with Gasteiger partial charge in [-0.05, 0) is 74.6 Å². The first-order chi connectivity index (χ1) is 13.4. The topological polar surface area (TPSA) is 38.3 Å². The van der Waals surface area contributed by atoms with Crippen molar-refractivity contribution in [2.45, 2.75) is 70.8 Å². The number of benzene rings is 2. The number of hydrogen-bond donors (Lipinski definition) is 1. The fraction of sp³-hybridized carbons (Fsp3) is 0.458. The molecule has 1 saturated carbocycles. The van der Waals surface area contributed by atoms with Gasteiger partial charge in [-0.1, -0.05) is 38.3 Å². The molecule has 1 amide bonds. The summed E-state index contributed by atoms with van der Waals surface area (Å²) < 4.78 is 19.3. The van der Waals surface area contributed by atoms with Crippen molar-refractivity contribution in [2.75, 3.05) is 5.32 Å². The first-order valence-electron chi connectivity index (χ1n) is 10.3. The van der Waals surface area contributed by atoms with Crippen molar-refractivity contribution in [3.63, 3.8) is 0 Å². The average Bonchev–Trinajstić information content (AvgIpc) is 2.71. The van der Waals surface area contributed by atoms with Gasteiger partial charge in [0.2, 0.25) is 5.91 Å². The lowest BCUT2D eigenvalue weighted by Gasteiger charge is -2.36. The number of carbonyl (C=O) groups excluding carboxylic acids is 1. The van der Waals surface area contributed by atoms with Crippen LogP contribution in [0.15, 0.2) is 42.5 Å². The van der Waals surface area contributed by atoms with E-state index < -0.39 is 5.41 Å². The second-order valence-electron chi connectivity index (χ2n) is 7.92. The molecule has 3 nitrogen and oxygen atoms in total. The van der Waals surface area contributed by atoms with Crippen LogP contribution in [0, 0.1) is 12.7 Å². The number of nitrogens with one attached hydrogen (secondary N) is 1. The molecule has 2 aromatic rings. The highest BCUT2D eigenvalue weighted by Crippen LogP contribution is 2.40. The van der Waals surface area contributed by atoms with Gasteiger partial charge in [-0.2, -0.15) is 0 Å². The number of carbonyl (C=O) groups is 1. The van der Waals surface area contributed by atoms with E-state index in [1.54, 1.807) is 12.1 Å². The summed E-state index contributed by atoms with van der Waals surface area (Å²) in [6, 6.07) is 12.2. The van der Waals surface area contributed by atoms with Crippen molar-refractivity contribution in [3.8, 4) is 5.75 Å². The average molecular weight is 384 g/mol. The summed E-state index contributed by atoms with van der Waals surface area (Å²) in [6.07, 6.45) is 5.83. The first kappa shape index (κ1) is 20.4. The van der Waals surface area contributed by atoms with E-state index >= 15 is 0 Å². The highest BCUT2D eigenvalue weighted by molar-refractivity contribution is 5.99. The highest BCUT2D eigenvalue weighted by atomic mass is 19.1. The maximum absolute atomic E-state index is 13.4. The Morgan fingerprint density at radius 2 is 1.82 bits per heavy atom. The van der Waals surface area contributed by atoms with Gasteiger partial charge in [-0.15, -0.1) is 0 Å². The van der Waals surface area contributed by atoms with E-state index in [0.717, 1.165) is 61.1 Å². The first-order valence-corrected chi connectivity index (χ1v) is 10.3. The summed E-state index contributed by atoms with van der Waals surface area (Å²) in [5.74, 6) is 0.565. The fourth-order valence-electron chi connectivity index (χ4n) is 3.98. The molecule has 0 saturated heterocycles. The quantitative estimate of drug-likeness (QED) is 0.649. The second-order valence-corrected chi connectivity index (χ2v) is 7.92. The van der Waals surface area contributed by atoms with Gasteiger partial charge < -0.3 is 10.1 Å². The lowest BCUT2D eigenvalue weighted by molar-refractivity contribution is -0.122. The minimum atomic E-state index is -0.592. The lowest BCUT2D eigenvalue weighted by Crippen LogP contribution is -2.42. The molecule has 1 N–H and O–H groups in total. The summed E-state index contributed by atoms with van der Waals surface area (Å²) in [7, 11) is 0. The number of ether oxygens (including phenoxy) is 1. The smallest absolute Gasteiger partial charge is 0.235 e. The van der Waals surface area contributed by atoms with Crippen LogP contribution in [-0.2, 0) is 10.2 Å². The molecule has 1 atom stereocenters. The number of anilines is 1. The van der Waals surface area contributed by atoms with E-state index in [4.69, 9.17) is 4.74 Å². The molecule has 0 radical (unpaired) electrons. The Bertz CT molecular complexity index is 810. The molecule has 28 heavy (non-hydrogen) atoms. The van der Waals surface area contributed by atoms with Crippen LogP contribution in [-0.4, -0.2) is 12.0 Å². The third kappa shape index (κ3) is 4.37. The highest BCUT2D eigenvalue weighted by Gasteiger charge is 2.41. The van der Waals surface area contributed by atoms with E-state index in [-0.39, 0.29) is 17.8 Å². The summed E-state index contributed by atoms with van der Waals surface area (Å²) in [4.78, 5) is 13.4. The van der Waals surface area contributed by atoms with Gasteiger partial charge in [-0.3, -0.25) is 4.79 Å². The number of aryl methyl sites for hydroxylation is 1. The Balaban J connectivity index is 1.82. The maximum atomic E-state index is 13.4. The lowest BCUT2D eigenvalue weighted by atomic mass is 9.68. The van der Waals surface area contributed by atoms with Gasteiger partial charge in [0.1, 0.15) is 11.6 Å². The zero-order chi connectivity index (χ0) is 20.1. The molecule has 3 rings (SSSR count). The molecule has 1 fully saturated rings. The number of hydrogen-bond acceptors (Lipinski definition) is 2. The number of halogens is 1. The van der Waals surface area contributed by atoms with Crippen molar-refractivity contribution in [3.05, 3.63) is 59.4 Å². The van der Waals surface area contributed by atoms with Gasteiger partial charge in [0, 0.05) is 5.69 Å². The van der Waals surface area contributed by atoms with E-state index in [2.05, 4.69) is 12.2 Å². The van der Waals surface area contributed by atoms with Gasteiger partial charge >= 0.3 is 0 Å². The minimum Gasteiger partial charge on any atom is -0.490 e. The zero-order valence-corrected chi connectivity index (χ0v) is 17.1. The Hall–Kier alpha value is -2.36. The Kier molecular flexibility index (Phi) is 6.38. The molecule has 4 heteroatoms. The summed E-state index contributed by atoms with van der Waals surface area (Å²) in [5, 5.41) is 3.11. The molecular weight excluding hydrogens is 353 g/mol. The molecule has 2 aromatic carbocycles. The van der Waals surface area contributed by atoms with Crippen molar-refractivity contribution in [2.24, 2.45) is 0 Å². The predicted molar refractivity (Wildman–Crippen MR) is 111 cm³/mol. The Morgan fingerprint density at radius 1 is 1.14 bits per heavy atom. The Labute approximate surface area is 167 Å². The fourth-order valence-corrected chi connectivity index (χ4v) is 3.98. The number of rotatable bonds is 6. The molecular formula is C24H30FNO2. The van der Waals surface area contributed by atoms with Crippen LogP contribution in [0.5, 0.6) is 5.75 Å². The summed E-state index contributed by atoms with van der Waals surface area (Å²) in [6.45, 7) is 6.13. The van der Waals surface area contributed by atoms with Crippen LogP contribution >= 0.6 is 0 Å². The normalized spacial score (nSPS) is 17.0. The van der Waals surface area contributed by atoms with Crippen LogP contribution in [0.3, 0.4) is 0 Å². The van der Waals surface area contributed by atoms with Gasteiger partial charge in [0.25, 0.3) is 0 Å². The van der Waals surface area contributed by atoms with Crippen molar-refractivity contribution < 1.29 is 13.9 Å². The predicted octanol–water partition coefficient (Wildman–Crippen LogP) is 6.15. The third-order valence-electron chi connectivity index (χ3n) is 5.87. The van der Waals surface area contributed by atoms with E-state index in [1.807, 2.05) is 32.0 Å². The minimum absolute atomic E-state index is 0.00574. The van der Waals surface area contributed by atoms with Crippen molar-refractivity contribution in [1.29, 1.82) is 0 Å². The largest absolute Gasteiger partial charge is 0.490 e. The molecule has 0 aliphatic heterocycles. The van der Waals surface area contributed by atoms with Crippen LogP contribution in [0.25, 0.3) is 0 Å². The monoisotopic (exact) mass is 383 g/mol. The van der Waals surface area contributed by atoms with Gasteiger partial charge in [0.05, 0.1) is 11.5 Å². The molecule has 150 valence electrons. The molecule has 0 bridgehead atoms. The summed E-state index contributed by atoms with van der Waals surface area (Å²) >= 11 is 0. The van der Waals surface area contributed by atoms with Crippen LogP contribution < -0.4 is 10.1 Å². The van der Waals surface area contributed by atoms with Crippen molar-refractivity contribution >= 4 is 11.6 Å². The van der Waals surface area contributed by atoms with Gasteiger partial charge in [-0.25, -0.2) is 4.39 Å². The maximum Gasteiger partial charge on any atom is 0.235 e. The third-order valence-corrected chi connectivity index (χ3v) is 5.87. The molecule has 0 heterocycles. The van der Waals surface area contributed by atoms with Crippen LogP contribution in [0.4, 0.5) is 10.1 Å². The molecule has 1 aliphatic carbocycles. The van der Waals surface area contributed by atoms with Crippen LogP contribution in [0.1, 0.15) is 63.5 Å². The van der Waals surface area contributed by atoms with E-state index in [9.17, 15) is 9.18 Å². The molecule has 0 aromatic heterocycles. The SMILES string of the molecule is CC[C@@H](C)Oc1ccc(NC(=O)C2(c3ccc(F)cc3)CCCCC2)cc1C. The molecule has 0 spiro atoms.